The third kappa shape index (κ3) is 3.22. The fourth-order valence-corrected chi connectivity index (χ4v) is 3.09. The molecule has 0 atom stereocenters. The van der Waals surface area contributed by atoms with Crippen molar-refractivity contribution in [3.05, 3.63) is 27.7 Å². The van der Waals surface area contributed by atoms with Gasteiger partial charge in [0.25, 0.3) is 0 Å². The van der Waals surface area contributed by atoms with Crippen LogP contribution in [-0.4, -0.2) is 23.2 Å². The van der Waals surface area contributed by atoms with Gasteiger partial charge in [0.05, 0.1) is 7.11 Å². The number of aromatic nitrogens is 2. The Labute approximate surface area is 123 Å². The molecule has 0 aliphatic heterocycles. The van der Waals surface area contributed by atoms with Crippen LogP contribution in [0.4, 0.5) is 0 Å². The number of methoxy groups -OCH3 is 1. The zero-order valence-electron chi connectivity index (χ0n) is 9.82. The topological polar surface area (TPSA) is 35.0 Å². The van der Waals surface area contributed by atoms with Gasteiger partial charge in [-0.05, 0) is 24.6 Å². The molecule has 0 aliphatic carbocycles. The summed E-state index contributed by atoms with van der Waals surface area (Å²) in [6.07, 6.45) is 1.80. The number of hydrogen-bond donors (Lipinski definition) is 0. The van der Waals surface area contributed by atoms with Gasteiger partial charge in [0.1, 0.15) is 15.8 Å². The van der Waals surface area contributed by atoms with Crippen molar-refractivity contribution in [2.75, 3.05) is 13.0 Å². The Morgan fingerprint density at radius 1 is 1.39 bits per heavy atom. The van der Waals surface area contributed by atoms with Gasteiger partial charge in [0, 0.05) is 22.3 Å². The first-order valence-electron chi connectivity index (χ1n) is 5.47. The third-order valence-corrected chi connectivity index (χ3v) is 4.37. The van der Waals surface area contributed by atoms with Crippen LogP contribution < -0.4 is 4.74 Å². The quantitative estimate of drug-likeness (QED) is 0.762. The molecule has 0 amide bonds. The minimum Gasteiger partial charge on any atom is -0.497 e. The molecule has 0 bridgehead atoms. The van der Waals surface area contributed by atoms with E-state index in [2.05, 4.69) is 26.1 Å². The maximum Gasteiger partial charge on any atom is 0.149 e. The van der Waals surface area contributed by atoms with E-state index in [0.717, 1.165) is 38.6 Å². The van der Waals surface area contributed by atoms with Crippen molar-refractivity contribution < 1.29 is 4.74 Å². The van der Waals surface area contributed by atoms with Gasteiger partial charge in [-0.25, -0.2) is 0 Å². The number of ether oxygens (including phenoxy) is 1. The van der Waals surface area contributed by atoms with Gasteiger partial charge < -0.3 is 4.74 Å². The van der Waals surface area contributed by atoms with Crippen LogP contribution in [0.25, 0.3) is 10.6 Å². The first kappa shape index (κ1) is 13.8. The van der Waals surface area contributed by atoms with E-state index in [1.807, 2.05) is 18.2 Å². The number of aryl methyl sites for hydroxylation is 1. The predicted octanol–water partition coefficient (Wildman–Crippen LogP) is 4.15. The molecule has 2 aromatic rings. The summed E-state index contributed by atoms with van der Waals surface area (Å²) in [5.41, 5.74) is 1.00. The van der Waals surface area contributed by atoms with Crippen molar-refractivity contribution in [1.82, 2.24) is 10.2 Å². The van der Waals surface area contributed by atoms with Crippen molar-refractivity contribution in [1.29, 1.82) is 0 Å². The van der Waals surface area contributed by atoms with Crippen LogP contribution in [0.5, 0.6) is 5.75 Å². The van der Waals surface area contributed by atoms with Crippen LogP contribution in [0.1, 0.15) is 11.4 Å². The predicted molar refractivity (Wildman–Crippen MR) is 78.6 cm³/mol. The molecule has 0 spiro atoms. The Kier molecular flexibility index (Phi) is 4.97. The van der Waals surface area contributed by atoms with E-state index < -0.39 is 0 Å². The van der Waals surface area contributed by atoms with Crippen molar-refractivity contribution in [2.45, 2.75) is 12.8 Å². The number of benzene rings is 1. The maximum atomic E-state index is 5.67. The Morgan fingerprint density at radius 3 is 2.94 bits per heavy atom. The average Bonchev–Trinajstić information content (AvgIpc) is 2.85. The summed E-state index contributed by atoms with van der Waals surface area (Å²) in [5, 5.41) is 10.3. The summed E-state index contributed by atoms with van der Waals surface area (Å²) in [5.74, 6) is 1.46. The van der Waals surface area contributed by atoms with Gasteiger partial charge >= 0.3 is 0 Å². The molecule has 6 heteroatoms. The molecule has 0 unspecified atom stereocenters. The number of alkyl halides is 1. The van der Waals surface area contributed by atoms with Crippen LogP contribution in [0.2, 0.25) is 0 Å². The first-order chi connectivity index (χ1) is 8.74. The minimum absolute atomic E-state index is 0.651. The normalized spacial score (nSPS) is 10.6. The van der Waals surface area contributed by atoms with Crippen molar-refractivity contribution in [3.63, 3.8) is 0 Å². The molecular formula is C12H12BrClN2OS. The first-order valence-corrected chi connectivity index (χ1v) is 7.61. The molecule has 0 radical (unpaired) electrons. The number of hydrogen-bond acceptors (Lipinski definition) is 4. The summed E-state index contributed by atoms with van der Waals surface area (Å²) in [4.78, 5) is 0. The fraction of sp³-hybridized carbons (Fsp3) is 0.333. The van der Waals surface area contributed by atoms with Crippen LogP contribution >= 0.6 is 38.9 Å². The molecule has 0 N–H and O–H groups in total. The Morgan fingerprint density at radius 2 is 2.22 bits per heavy atom. The largest absolute Gasteiger partial charge is 0.497 e. The van der Waals surface area contributed by atoms with Gasteiger partial charge in [-0.15, -0.1) is 21.8 Å². The molecule has 2 rings (SSSR count). The molecule has 18 heavy (non-hydrogen) atoms. The number of halogens is 2. The minimum atomic E-state index is 0.651. The molecule has 0 saturated carbocycles. The van der Waals surface area contributed by atoms with E-state index in [9.17, 15) is 0 Å². The lowest BCUT2D eigenvalue weighted by Gasteiger charge is -2.03. The summed E-state index contributed by atoms with van der Waals surface area (Å²) < 4.78 is 6.21. The lowest BCUT2D eigenvalue weighted by Crippen LogP contribution is -1.85. The molecule has 3 nitrogen and oxygen atoms in total. The molecule has 0 fully saturated rings. The van der Waals surface area contributed by atoms with E-state index in [0.29, 0.717) is 5.88 Å². The van der Waals surface area contributed by atoms with Crippen LogP contribution in [-0.2, 0) is 6.42 Å². The highest BCUT2D eigenvalue weighted by molar-refractivity contribution is 9.10. The van der Waals surface area contributed by atoms with Crippen LogP contribution in [0.15, 0.2) is 22.7 Å². The maximum absolute atomic E-state index is 5.67. The van der Waals surface area contributed by atoms with Crippen LogP contribution in [0, 0.1) is 0 Å². The van der Waals surface area contributed by atoms with Gasteiger partial charge in [0.15, 0.2) is 0 Å². The second-order valence-electron chi connectivity index (χ2n) is 3.64. The highest BCUT2D eigenvalue weighted by Crippen LogP contribution is 2.33. The SMILES string of the molecule is COc1ccc(Br)c(-c2nnc(CCCCl)s2)c1. The van der Waals surface area contributed by atoms with E-state index >= 15 is 0 Å². The third-order valence-electron chi connectivity index (χ3n) is 2.40. The van der Waals surface area contributed by atoms with E-state index in [1.165, 1.54) is 0 Å². The number of rotatable bonds is 5. The molecular weight excluding hydrogens is 336 g/mol. The fourth-order valence-electron chi connectivity index (χ4n) is 1.48. The highest BCUT2D eigenvalue weighted by atomic mass is 79.9. The molecule has 0 saturated heterocycles. The van der Waals surface area contributed by atoms with Crippen molar-refractivity contribution in [3.8, 4) is 16.3 Å². The zero-order chi connectivity index (χ0) is 13.0. The molecule has 1 heterocycles. The van der Waals surface area contributed by atoms with E-state index in [4.69, 9.17) is 16.3 Å². The van der Waals surface area contributed by atoms with E-state index in [-0.39, 0.29) is 0 Å². The average molecular weight is 348 g/mol. The smallest absolute Gasteiger partial charge is 0.149 e. The standard InChI is InChI=1S/C12H12BrClN2OS/c1-17-8-4-5-10(13)9(7-8)12-16-15-11(18-12)3-2-6-14/h4-5,7H,2-3,6H2,1H3. The summed E-state index contributed by atoms with van der Waals surface area (Å²) in [6, 6.07) is 5.81. The summed E-state index contributed by atoms with van der Waals surface area (Å²) in [7, 11) is 1.65. The van der Waals surface area contributed by atoms with Gasteiger partial charge in [-0.3, -0.25) is 0 Å². The van der Waals surface area contributed by atoms with Crippen LogP contribution in [0.3, 0.4) is 0 Å². The summed E-state index contributed by atoms with van der Waals surface area (Å²) in [6.45, 7) is 0. The van der Waals surface area contributed by atoms with Gasteiger partial charge in [-0.1, -0.05) is 27.3 Å². The Hall–Kier alpha value is -0.650. The van der Waals surface area contributed by atoms with Gasteiger partial charge in [0.2, 0.25) is 0 Å². The number of nitrogens with zero attached hydrogens (tertiary/aromatic N) is 2. The van der Waals surface area contributed by atoms with Crippen molar-refractivity contribution in [2.24, 2.45) is 0 Å². The lowest BCUT2D eigenvalue weighted by atomic mass is 10.2. The lowest BCUT2D eigenvalue weighted by molar-refractivity contribution is 0.415. The van der Waals surface area contributed by atoms with Crippen molar-refractivity contribution >= 4 is 38.9 Å². The molecule has 1 aromatic heterocycles. The second-order valence-corrected chi connectivity index (χ2v) is 5.93. The molecule has 96 valence electrons. The highest BCUT2D eigenvalue weighted by Gasteiger charge is 2.11. The second kappa shape index (κ2) is 6.50. The van der Waals surface area contributed by atoms with Gasteiger partial charge in [-0.2, -0.15) is 0 Å². The molecule has 1 aromatic carbocycles. The monoisotopic (exact) mass is 346 g/mol. The molecule has 0 aliphatic rings. The Balaban J connectivity index is 2.27. The zero-order valence-corrected chi connectivity index (χ0v) is 13.0. The van der Waals surface area contributed by atoms with E-state index in [1.54, 1.807) is 18.4 Å². The summed E-state index contributed by atoms with van der Waals surface area (Å²) >= 11 is 10.8. The Bertz CT molecular complexity index is 533.